The van der Waals surface area contributed by atoms with Gasteiger partial charge in [0.25, 0.3) is 0 Å². The van der Waals surface area contributed by atoms with Crippen molar-refractivity contribution in [3.05, 3.63) is 35.9 Å². The van der Waals surface area contributed by atoms with Crippen molar-refractivity contribution >= 4 is 17.8 Å². The summed E-state index contributed by atoms with van der Waals surface area (Å²) in [5.41, 5.74) is 0.859. The van der Waals surface area contributed by atoms with Gasteiger partial charge in [-0.25, -0.2) is 4.79 Å². The number of nitrogens with one attached hydrogen (secondary N) is 1. The molecule has 1 aromatic carbocycles. The summed E-state index contributed by atoms with van der Waals surface area (Å²) < 4.78 is 0. The van der Waals surface area contributed by atoms with Gasteiger partial charge in [0.2, 0.25) is 5.91 Å². The van der Waals surface area contributed by atoms with Crippen LogP contribution in [-0.4, -0.2) is 57.1 Å². The number of rotatable bonds is 7. The third kappa shape index (κ3) is 4.13. The lowest BCUT2D eigenvalue weighted by Gasteiger charge is -2.31. The number of aliphatic carboxylic acids is 2. The van der Waals surface area contributed by atoms with E-state index in [0.29, 0.717) is 6.42 Å². The van der Waals surface area contributed by atoms with E-state index in [1.807, 2.05) is 30.3 Å². The van der Waals surface area contributed by atoms with Crippen LogP contribution in [0.5, 0.6) is 0 Å². The summed E-state index contributed by atoms with van der Waals surface area (Å²) in [7, 11) is 0. The van der Waals surface area contributed by atoms with Crippen LogP contribution < -0.4 is 5.32 Å². The number of benzene rings is 1. The number of fused-ring (bicyclic) bond motifs is 1. The summed E-state index contributed by atoms with van der Waals surface area (Å²) in [4.78, 5) is 37.8. The normalized spacial score (nSPS) is 26.4. The van der Waals surface area contributed by atoms with E-state index < -0.39 is 30.1 Å². The monoisotopic (exact) mass is 374 g/mol. The average molecular weight is 374 g/mol. The highest BCUT2D eigenvalue weighted by Crippen LogP contribution is 2.41. The zero-order valence-corrected chi connectivity index (χ0v) is 15.4. The van der Waals surface area contributed by atoms with Gasteiger partial charge in [-0.15, -0.1) is 0 Å². The van der Waals surface area contributed by atoms with Gasteiger partial charge in [-0.2, -0.15) is 0 Å². The van der Waals surface area contributed by atoms with Gasteiger partial charge in [0.15, 0.2) is 0 Å². The Hall–Kier alpha value is -2.41. The van der Waals surface area contributed by atoms with Crippen LogP contribution in [-0.2, 0) is 20.8 Å². The molecule has 3 rings (SSSR count). The third-order valence-electron chi connectivity index (χ3n) is 5.78. The van der Waals surface area contributed by atoms with Crippen LogP contribution >= 0.6 is 0 Å². The molecule has 0 radical (unpaired) electrons. The zero-order chi connectivity index (χ0) is 19.6. The molecule has 1 amide bonds. The van der Waals surface area contributed by atoms with E-state index in [1.54, 1.807) is 6.92 Å². The van der Waals surface area contributed by atoms with Gasteiger partial charge in [-0.3, -0.25) is 14.9 Å². The second-order valence-electron chi connectivity index (χ2n) is 7.56. The molecule has 1 saturated carbocycles. The van der Waals surface area contributed by atoms with E-state index >= 15 is 0 Å². The van der Waals surface area contributed by atoms with Gasteiger partial charge >= 0.3 is 11.9 Å². The molecule has 146 valence electrons. The first-order valence-corrected chi connectivity index (χ1v) is 9.46. The molecular weight excluding hydrogens is 348 g/mol. The molecule has 0 unspecified atom stereocenters. The Morgan fingerprint density at radius 1 is 1.19 bits per heavy atom. The smallest absolute Gasteiger partial charge is 0.326 e. The number of likely N-dealkylation sites (tertiary alicyclic amines) is 1. The standard InChI is InChI=1S/C20H26N2O5/c1-12(21-15(19(24)25)10-13-6-3-2-4-7-13)18(23)22-16-9-5-8-14(16)11-17(22)20(26)27/h2-4,6-7,12,14-17,21H,5,8-11H2,1H3,(H,24,25)(H,26,27)/t12-,14-,15-,16-,17-/m0/s1. The zero-order valence-electron chi connectivity index (χ0n) is 15.4. The van der Waals surface area contributed by atoms with Crippen LogP contribution in [0.25, 0.3) is 0 Å². The summed E-state index contributed by atoms with van der Waals surface area (Å²) in [5.74, 6) is -2.10. The Kier molecular flexibility index (Phi) is 5.79. The van der Waals surface area contributed by atoms with Crippen molar-refractivity contribution in [3.63, 3.8) is 0 Å². The fraction of sp³-hybridized carbons (Fsp3) is 0.550. The SMILES string of the molecule is C[C@H](N[C@@H](Cc1ccccc1)C(=O)O)C(=O)N1[C@H](C(=O)O)C[C@@H]2CCC[C@@H]21. The van der Waals surface area contributed by atoms with Gasteiger partial charge in [-0.1, -0.05) is 36.8 Å². The molecule has 0 spiro atoms. The molecule has 2 aliphatic rings. The highest BCUT2D eigenvalue weighted by molar-refractivity contribution is 5.88. The molecule has 5 atom stereocenters. The number of carbonyl (C=O) groups is 3. The molecule has 1 saturated heterocycles. The maximum Gasteiger partial charge on any atom is 0.326 e. The third-order valence-corrected chi connectivity index (χ3v) is 5.78. The maximum atomic E-state index is 13.0. The highest BCUT2D eigenvalue weighted by atomic mass is 16.4. The van der Waals surface area contributed by atoms with E-state index in [1.165, 1.54) is 4.90 Å². The van der Waals surface area contributed by atoms with Gasteiger partial charge in [0.1, 0.15) is 12.1 Å². The van der Waals surface area contributed by atoms with E-state index in [0.717, 1.165) is 24.8 Å². The maximum absolute atomic E-state index is 13.0. The van der Waals surface area contributed by atoms with Crippen LogP contribution in [0.4, 0.5) is 0 Å². The van der Waals surface area contributed by atoms with Crippen molar-refractivity contribution < 1.29 is 24.6 Å². The second-order valence-corrected chi connectivity index (χ2v) is 7.56. The topological polar surface area (TPSA) is 107 Å². The number of nitrogens with zero attached hydrogens (tertiary/aromatic N) is 1. The predicted molar refractivity (Wildman–Crippen MR) is 98.2 cm³/mol. The number of carboxylic acids is 2. The predicted octanol–water partition coefficient (Wildman–Crippen LogP) is 1.51. The Balaban J connectivity index is 1.71. The van der Waals surface area contributed by atoms with Crippen LogP contribution in [0.3, 0.4) is 0 Å². The first-order chi connectivity index (χ1) is 12.9. The molecular formula is C20H26N2O5. The number of carboxylic acid groups (broad SMARTS) is 2. The van der Waals surface area contributed by atoms with Gasteiger partial charge in [0, 0.05) is 6.04 Å². The van der Waals surface area contributed by atoms with Crippen molar-refractivity contribution in [2.45, 2.75) is 63.2 Å². The molecule has 3 N–H and O–H groups in total. The number of carbonyl (C=O) groups excluding carboxylic acids is 1. The quantitative estimate of drug-likeness (QED) is 0.668. The molecule has 1 aliphatic heterocycles. The fourth-order valence-corrected chi connectivity index (χ4v) is 4.49. The lowest BCUT2D eigenvalue weighted by Crippen LogP contribution is -2.55. The molecule has 0 bridgehead atoms. The molecule has 1 aromatic rings. The Morgan fingerprint density at radius 3 is 2.52 bits per heavy atom. The molecule has 0 aromatic heterocycles. The summed E-state index contributed by atoms with van der Waals surface area (Å²) in [6.07, 6.45) is 3.51. The molecule has 27 heavy (non-hydrogen) atoms. The number of hydrogen-bond donors (Lipinski definition) is 3. The van der Waals surface area contributed by atoms with Crippen molar-refractivity contribution in [2.24, 2.45) is 5.92 Å². The van der Waals surface area contributed by atoms with Crippen molar-refractivity contribution in [1.29, 1.82) is 0 Å². The van der Waals surface area contributed by atoms with Crippen molar-refractivity contribution in [1.82, 2.24) is 10.2 Å². The summed E-state index contributed by atoms with van der Waals surface area (Å²) in [5, 5.41) is 22.0. The minimum absolute atomic E-state index is 0.0414. The van der Waals surface area contributed by atoms with Crippen LogP contribution in [0.15, 0.2) is 30.3 Å². The van der Waals surface area contributed by atoms with Crippen LogP contribution in [0.1, 0.15) is 38.2 Å². The van der Waals surface area contributed by atoms with E-state index in [4.69, 9.17) is 0 Å². The van der Waals surface area contributed by atoms with Gasteiger partial charge in [-0.05, 0) is 44.1 Å². The van der Waals surface area contributed by atoms with Crippen LogP contribution in [0, 0.1) is 5.92 Å². The minimum atomic E-state index is -1.03. The van der Waals surface area contributed by atoms with E-state index in [-0.39, 0.29) is 24.3 Å². The van der Waals surface area contributed by atoms with Gasteiger partial charge in [0.05, 0.1) is 6.04 Å². The van der Waals surface area contributed by atoms with Crippen molar-refractivity contribution in [3.8, 4) is 0 Å². The molecule has 1 aliphatic carbocycles. The lowest BCUT2D eigenvalue weighted by atomic mass is 10.0. The first-order valence-electron chi connectivity index (χ1n) is 9.46. The Morgan fingerprint density at radius 2 is 1.89 bits per heavy atom. The molecule has 7 heteroatoms. The summed E-state index contributed by atoms with van der Waals surface area (Å²) >= 11 is 0. The first kappa shape index (κ1) is 19.4. The number of hydrogen-bond acceptors (Lipinski definition) is 4. The largest absolute Gasteiger partial charge is 0.480 e. The average Bonchev–Trinajstić information content (AvgIpc) is 3.22. The minimum Gasteiger partial charge on any atom is -0.480 e. The highest BCUT2D eigenvalue weighted by Gasteiger charge is 2.49. The van der Waals surface area contributed by atoms with Gasteiger partial charge < -0.3 is 15.1 Å². The summed E-state index contributed by atoms with van der Waals surface area (Å²) in [6, 6.07) is 6.68. The van der Waals surface area contributed by atoms with E-state index in [2.05, 4.69) is 5.32 Å². The fourth-order valence-electron chi connectivity index (χ4n) is 4.49. The molecule has 1 heterocycles. The van der Waals surface area contributed by atoms with Crippen molar-refractivity contribution in [2.75, 3.05) is 0 Å². The van der Waals surface area contributed by atoms with E-state index in [9.17, 15) is 24.6 Å². The molecule has 2 fully saturated rings. The Labute approximate surface area is 158 Å². The number of amides is 1. The summed E-state index contributed by atoms with van der Waals surface area (Å²) in [6.45, 7) is 1.62. The second kappa shape index (κ2) is 8.08. The van der Waals surface area contributed by atoms with Crippen LogP contribution in [0.2, 0.25) is 0 Å². The lowest BCUT2D eigenvalue weighted by molar-refractivity contribution is -0.151. The Bertz CT molecular complexity index is 708. The molecule has 7 nitrogen and oxygen atoms in total.